The van der Waals surface area contributed by atoms with Gasteiger partial charge in [0.1, 0.15) is 11.5 Å². The quantitative estimate of drug-likeness (QED) is 0.749. The maximum Gasteiger partial charge on any atom is 0.126 e. The zero-order valence-electron chi connectivity index (χ0n) is 13.4. The zero-order valence-corrected chi connectivity index (χ0v) is 13.4. The maximum absolute atomic E-state index is 6.10. The van der Waals surface area contributed by atoms with Crippen molar-refractivity contribution in [3.05, 3.63) is 23.8 Å². The van der Waals surface area contributed by atoms with Crippen molar-refractivity contribution in [1.82, 2.24) is 0 Å². The first-order valence-corrected chi connectivity index (χ1v) is 8.37. The van der Waals surface area contributed by atoms with Crippen molar-refractivity contribution in [3.63, 3.8) is 0 Å². The van der Waals surface area contributed by atoms with Crippen molar-refractivity contribution in [1.29, 1.82) is 0 Å². The van der Waals surface area contributed by atoms with Gasteiger partial charge in [-0.05, 0) is 49.7 Å². The van der Waals surface area contributed by atoms with E-state index in [0.717, 1.165) is 49.9 Å². The normalized spacial score (nSPS) is 16.3. The van der Waals surface area contributed by atoms with Gasteiger partial charge in [-0.3, -0.25) is 0 Å². The van der Waals surface area contributed by atoms with Gasteiger partial charge in [-0.1, -0.05) is 26.3 Å². The Bertz CT molecular complexity index is 429. The van der Waals surface area contributed by atoms with Crippen molar-refractivity contribution >= 4 is 0 Å². The molecule has 1 aliphatic carbocycles. The summed E-state index contributed by atoms with van der Waals surface area (Å²) in [7, 11) is 0. The summed E-state index contributed by atoms with van der Waals surface area (Å²) in [6, 6.07) is 6.37. The smallest absolute Gasteiger partial charge is 0.126 e. The van der Waals surface area contributed by atoms with E-state index < -0.39 is 0 Å². The fourth-order valence-electron chi connectivity index (χ4n) is 2.44. The molecule has 0 amide bonds. The summed E-state index contributed by atoms with van der Waals surface area (Å²) in [6.45, 7) is 5.81. The molecule has 2 N–H and O–H groups in total. The molecular weight excluding hydrogens is 262 g/mol. The fourth-order valence-corrected chi connectivity index (χ4v) is 2.44. The molecular formula is C18H29NO2. The molecule has 0 heterocycles. The summed E-state index contributed by atoms with van der Waals surface area (Å²) in [5, 5.41) is 0. The highest BCUT2D eigenvalue weighted by Crippen LogP contribution is 2.30. The molecule has 0 saturated heterocycles. The van der Waals surface area contributed by atoms with Gasteiger partial charge in [-0.2, -0.15) is 0 Å². The highest BCUT2D eigenvalue weighted by molar-refractivity contribution is 5.41. The van der Waals surface area contributed by atoms with Crippen LogP contribution in [0.15, 0.2) is 18.2 Å². The van der Waals surface area contributed by atoms with Crippen LogP contribution in [0.5, 0.6) is 11.5 Å². The Hall–Kier alpha value is -1.22. The fraction of sp³-hybridized carbons (Fsp3) is 0.667. The molecule has 1 aromatic carbocycles. The van der Waals surface area contributed by atoms with Gasteiger partial charge in [0.05, 0.1) is 13.2 Å². The summed E-state index contributed by atoms with van der Waals surface area (Å²) in [5.41, 5.74) is 7.30. The second-order valence-corrected chi connectivity index (χ2v) is 6.10. The lowest BCUT2D eigenvalue weighted by atomic mass is 9.86. The molecule has 1 saturated carbocycles. The van der Waals surface area contributed by atoms with Gasteiger partial charge in [-0.25, -0.2) is 0 Å². The molecule has 0 radical (unpaired) electrons. The second-order valence-electron chi connectivity index (χ2n) is 6.10. The zero-order chi connectivity index (χ0) is 15.1. The van der Waals surface area contributed by atoms with Crippen molar-refractivity contribution < 1.29 is 9.47 Å². The maximum atomic E-state index is 6.10. The number of rotatable bonds is 9. The minimum absolute atomic E-state index is 0.193. The number of ether oxygens (including phenoxy) is 2. The van der Waals surface area contributed by atoms with E-state index in [1.165, 1.54) is 24.8 Å². The summed E-state index contributed by atoms with van der Waals surface area (Å²) < 4.78 is 11.8. The molecule has 3 nitrogen and oxygen atoms in total. The van der Waals surface area contributed by atoms with Crippen LogP contribution in [0.1, 0.15) is 51.5 Å². The van der Waals surface area contributed by atoms with E-state index in [0.29, 0.717) is 0 Å². The number of nitrogens with two attached hydrogens (primary N) is 1. The van der Waals surface area contributed by atoms with Crippen molar-refractivity contribution in [2.75, 3.05) is 13.2 Å². The van der Waals surface area contributed by atoms with Gasteiger partial charge in [0.15, 0.2) is 0 Å². The summed E-state index contributed by atoms with van der Waals surface area (Å²) in [6.07, 6.45) is 6.81. The first-order chi connectivity index (χ1) is 10.2. The van der Waals surface area contributed by atoms with E-state index in [9.17, 15) is 0 Å². The third kappa shape index (κ3) is 4.92. The van der Waals surface area contributed by atoms with Gasteiger partial charge in [0.2, 0.25) is 0 Å². The molecule has 21 heavy (non-hydrogen) atoms. The standard InChI is InChI=1S/C18H29NO2/c1-3-10-20-17-9-8-15(11-16(19)4-2)18(12-17)21-13-14-6-5-7-14/h8-9,12,14,16H,3-7,10-11,13,19H2,1-2H3. The Kier molecular flexibility index (Phi) is 6.37. The molecule has 0 aromatic heterocycles. The van der Waals surface area contributed by atoms with Gasteiger partial charge in [0.25, 0.3) is 0 Å². The highest BCUT2D eigenvalue weighted by atomic mass is 16.5. The van der Waals surface area contributed by atoms with Crippen molar-refractivity contribution in [3.8, 4) is 11.5 Å². The van der Waals surface area contributed by atoms with E-state index in [4.69, 9.17) is 15.2 Å². The van der Waals surface area contributed by atoms with Crippen LogP contribution in [0.3, 0.4) is 0 Å². The Balaban J connectivity index is 2.04. The molecule has 3 heteroatoms. The predicted molar refractivity (Wildman–Crippen MR) is 87.0 cm³/mol. The Morgan fingerprint density at radius 3 is 2.67 bits per heavy atom. The Morgan fingerprint density at radius 1 is 1.24 bits per heavy atom. The van der Waals surface area contributed by atoms with Crippen LogP contribution in [0.2, 0.25) is 0 Å². The summed E-state index contributed by atoms with van der Waals surface area (Å²) >= 11 is 0. The van der Waals surface area contributed by atoms with Crippen molar-refractivity contribution in [2.45, 2.75) is 58.4 Å². The average molecular weight is 291 g/mol. The van der Waals surface area contributed by atoms with Crippen LogP contribution in [0.4, 0.5) is 0 Å². The average Bonchev–Trinajstić information content (AvgIpc) is 2.45. The largest absolute Gasteiger partial charge is 0.493 e. The highest BCUT2D eigenvalue weighted by Gasteiger charge is 2.19. The predicted octanol–water partition coefficient (Wildman–Crippen LogP) is 3.93. The molecule has 118 valence electrons. The van der Waals surface area contributed by atoms with Gasteiger partial charge < -0.3 is 15.2 Å². The molecule has 0 aliphatic heterocycles. The van der Waals surface area contributed by atoms with Gasteiger partial charge in [0, 0.05) is 12.1 Å². The molecule has 1 aromatic rings. The second kappa shape index (κ2) is 8.28. The van der Waals surface area contributed by atoms with Gasteiger partial charge in [-0.15, -0.1) is 0 Å². The van der Waals surface area contributed by atoms with E-state index in [2.05, 4.69) is 19.9 Å². The van der Waals surface area contributed by atoms with Crippen LogP contribution in [0.25, 0.3) is 0 Å². The third-order valence-electron chi connectivity index (χ3n) is 4.22. The van der Waals surface area contributed by atoms with E-state index in [1.807, 2.05) is 12.1 Å². The van der Waals surface area contributed by atoms with E-state index in [1.54, 1.807) is 0 Å². The molecule has 2 rings (SSSR count). The summed E-state index contributed by atoms with van der Waals surface area (Å²) in [4.78, 5) is 0. The lowest BCUT2D eigenvalue weighted by Crippen LogP contribution is -2.23. The number of hydrogen-bond acceptors (Lipinski definition) is 3. The van der Waals surface area contributed by atoms with Gasteiger partial charge >= 0.3 is 0 Å². The van der Waals surface area contributed by atoms with Crippen LogP contribution < -0.4 is 15.2 Å². The van der Waals surface area contributed by atoms with Crippen molar-refractivity contribution in [2.24, 2.45) is 11.7 Å². The molecule has 0 spiro atoms. The molecule has 1 fully saturated rings. The SMILES string of the molecule is CCCOc1ccc(CC(N)CC)c(OCC2CCC2)c1. The van der Waals surface area contributed by atoms with Crippen LogP contribution in [-0.2, 0) is 6.42 Å². The third-order valence-corrected chi connectivity index (χ3v) is 4.22. The topological polar surface area (TPSA) is 44.5 Å². The first kappa shape index (κ1) is 16.2. The molecule has 1 atom stereocenters. The molecule has 1 unspecified atom stereocenters. The lowest BCUT2D eigenvalue weighted by Gasteiger charge is -2.26. The van der Waals surface area contributed by atoms with Crippen LogP contribution in [0, 0.1) is 5.92 Å². The molecule has 1 aliphatic rings. The van der Waals surface area contributed by atoms with E-state index in [-0.39, 0.29) is 6.04 Å². The van der Waals surface area contributed by atoms with Crippen LogP contribution in [-0.4, -0.2) is 19.3 Å². The molecule has 0 bridgehead atoms. The Morgan fingerprint density at radius 2 is 2.05 bits per heavy atom. The van der Waals surface area contributed by atoms with Crippen LogP contribution >= 0.6 is 0 Å². The number of hydrogen-bond donors (Lipinski definition) is 1. The van der Waals surface area contributed by atoms with E-state index >= 15 is 0 Å². The monoisotopic (exact) mass is 291 g/mol. The Labute approximate surface area is 128 Å². The minimum Gasteiger partial charge on any atom is -0.493 e. The first-order valence-electron chi connectivity index (χ1n) is 8.37. The number of benzene rings is 1. The summed E-state index contributed by atoms with van der Waals surface area (Å²) in [5.74, 6) is 2.59. The minimum atomic E-state index is 0.193. The lowest BCUT2D eigenvalue weighted by molar-refractivity contribution is 0.178.